The maximum absolute atomic E-state index is 12.2. The van der Waals surface area contributed by atoms with E-state index in [1.807, 2.05) is 0 Å². The van der Waals surface area contributed by atoms with Gasteiger partial charge in [-0.2, -0.15) is 4.98 Å². The molecule has 0 aliphatic heterocycles. The highest BCUT2D eigenvalue weighted by Crippen LogP contribution is 2.28. The van der Waals surface area contributed by atoms with Crippen LogP contribution in [0.5, 0.6) is 5.75 Å². The van der Waals surface area contributed by atoms with Crippen molar-refractivity contribution in [1.29, 1.82) is 0 Å². The molecule has 1 aromatic carbocycles. The van der Waals surface area contributed by atoms with Crippen molar-refractivity contribution in [1.82, 2.24) is 10.1 Å². The van der Waals surface area contributed by atoms with E-state index in [0.717, 1.165) is 0 Å². The summed E-state index contributed by atoms with van der Waals surface area (Å²) < 4.78 is 36.9. The van der Waals surface area contributed by atoms with Crippen LogP contribution in [-0.4, -0.2) is 25.7 Å². The van der Waals surface area contributed by atoms with Crippen LogP contribution in [0.15, 0.2) is 32.1 Å². The number of rotatable bonds is 4. The summed E-state index contributed by atoms with van der Waals surface area (Å²) in [4.78, 5) is 3.75. The summed E-state index contributed by atoms with van der Waals surface area (Å²) in [6, 6.07) is 4.44. The zero-order valence-corrected chi connectivity index (χ0v) is 12.4. The van der Waals surface area contributed by atoms with Crippen molar-refractivity contribution in [3.63, 3.8) is 0 Å². The van der Waals surface area contributed by atoms with Gasteiger partial charge in [0, 0.05) is 4.47 Å². The molecule has 7 nitrogen and oxygen atoms in total. The summed E-state index contributed by atoms with van der Waals surface area (Å²) in [5.74, 6) is 0.547. The van der Waals surface area contributed by atoms with Crippen molar-refractivity contribution in [3.8, 4) is 5.75 Å². The first-order valence-electron chi connectivity index (χ1n) is 5.09. The van der Waals surface area contributed by atoms with Crippen LogP contribution in [0.3, 0.4) is 0 Å². The molecule has 19 heavy (non-hydrogen) atoms. The SMILES string of the molecule is COc1ccc(Br)cc1S(=O)(=O)Nc1nc(C)no1. The van der Waals surface area contributed by atoms with Crippen molar-refractivity contribution in [2.45, 2.75) is 11.8 Å². The average Bonchev–Trinajstić information content (AvgIpc) is 2.74. The predicted molar refractivity (Wildman–Crippen MR) is 70.5 cm³/mol. The maximum atomic E-state index is 12.2. The van der Waals surface area contributed by atoms with E-state index < -0.39 is 10.0 Å². The summed E-state index contributed by atoms with van der Waals surface area (Å²) in [7, 11) is -2.48. The first kappa shape index (κ1) is 13.8. The van der Waals surface area contributed by atoms with Crippen molar-refractivity contribution < 1.29 is 17.7 Å². The highest BCUT2D eigenvalue weighted by molar-refractivity contribution is 9.10. The van der Waals surface area contributed by atoms with E-state index in [1.165, 1.54) is 19.2 Å². The molecule has 0 amide bonds. The molecule has 2 rings (SSSR count). The Morgan fingerprint density at radius 1 is 1.42 bits per heavy atom. The normalized spacial score (nSPS) is 11.3. The second-order valence-corrected chi connectivity index (χ2v) is 6.11. The van der Waals surface area contributed by atoms with Crippen molar-refractivity contribution in [2.24, 2.45) is 0 Å². The molecule has 0 unspecified atom stereocenters. The first-order valence-corrected chi connectivity index (χ1v) is 7.36. The molecule has 0 aliphatic carbocycles. The van der Waals surface area contributed by atoms with Crippen LogP contribution in [-0.2, 0) is 10.0 Å². The summed E-state index contributed by atoms with van der Waals surface area (Å²) in [6.07, 6.45) is 0. The third kappa shape index (κ3) is 3.04. The predicted octanol–water partition coefficient (Wildman–Crippen LogP) is 1.95. The maximum Gasteiger partial charge on any atom is 0.335 e. The molecule has 0 radical (unpaired) electrons. The Hall–Kier alpha value is -1.61. The number of ether oxygens (including phenoxy) is 1. The summed E-state index contributed by atoms with van der Waals surface area (Å²) in [5.41, 5.74) is 0. The lowest BCUT2D eigenvalue weighted by molar-refractivity contribution is 0.402. The summed E-state index contributed by atoms with van der Waals surface area (Å²) in [6.45, 7) is 1.58. The Kier molecular flexibility index (Phi) is 3.76. The van der Waals surface area contributed by atoms with Crippen LogP contribution in [0.2, 0.25) is 0 Å². The topological polar surface area (TPSA) is 94.3 Å². The fourth-order valence-electron chi connectivity index (χ4n) is 1.37. The third-order valence-corrected chi connectivity index (χ3v) is 4.00. The van der Waals surface area contributed by atoms with E-state index in [4.69, 9.17) is 9.26 Å². The smallest absolute Gasteiger partial charge is 0.335 e. The molecule has 0 bridgehead atoms. The van der Waals surface area contributed by atoms with Crippen LogP contribution in [0.25, 0.3) is 0 Å². The quantitative estimate of drug-likeness (QED) is 0.908. The Morgan fingerprint density at radius 2 is 2.16 bits per heavy atom. The van der Waals surface area contributed by atoms with Gasteiger partial charge in [0.1, 0.15) is 10.6 Å². The van der Waals surface area contributed by atoms with Gasteiger partial charge in [-0.3, -0.25) is 0 Å². The number of methoxy groups -OCH3 is 1. The largest absolute Gasteiger partial charge is 0.495 e. The number of benzene rings is 1. The van der Waals surface area contributed by atoms with Gasteiger partial charge in [-0.1, -0.05) is 21.1 Å². The number of halogens is 1. The van der Waals surface area contributed by atoms with Crippen LogP contribution in [0.4, 0.5) is 6.01 Å². The molecule has 0 aliphatic rings. The average molecular weight is 348 g/mol. The van der Waals surface area contributed by atoms with E-state index >= 15 is 0 Å². The van der Waals surface area contributed by atoms with Gasteiger partial charge < -0.3 is 9.26 Å². The second kappa shape index (κ2) is 5.17. The van der Waals surface area contributed by atoms with Crippen LogP contribution < -0.4 is 9.46 Å². The summed E-state index contributed by atoms with van der Waals surface area (Å²) >= 11 is 3.21. The second-order valence-electron chi connectivity index (χ2n) is 3.55. The number of hydrogen-bond donors (Lipinski definition) is 1. The van der Waals surface area contributed by atoms with E-state index in [0.29, 0.717) is 10.3 Å². The molecule has 9 heteroatoms. The molecule has 102 valence electrons. The zero-order valence-electron chi connectivity index (χ0n) is 10.0. The first-order chi connectivity index (χ1) is 8.92. The molecule has 0 saturated heterocycles. The number of nitrogens with zero attached hydrogens (tertiary/aromatic N) is 2. The van der Waals surface area contributed by atoms with E-state index in [2.05, 4.69) is 30.8 Å². The molecule has 0 saturated carbocycles. The molecule has 2 aromatic rings. The molecule has 1 heterocycles. The lowest BCUT2D eigenvalue weighted by Crippen LogP contribution is -2.14. The molecule has 0 spiro atoms. The standard InChI is InChI=1S/C10H10BrN3O4S/c1-6-12-10(18-13-6)14-19(15,16)9-5-7(11)3-4-8(9)17-2/h3-5H,1-2H3,(H,12,13,14). The third-order valence-electron chi connectivity index (χ3n) is 2.16. The van der Waals surface area contributed by atoms with E-state index in [-0.39, 0.29) is 16.7 Å². The number of hydrogen-bond acceptors (Lipinski definition) is 6. The van der Waals surface area contributed by atoms with Gasteiger partial charge in [-0.25, -0.2) is 13.1 Å². The minimum atomic E-state index is -3.87. The van der Waals surface area contributed by atoms with Gasteiger partial charge in [0.25, 0.3) is 10.0 Å². The number of nitrogens with one attached hydrogen (secondary N) is 1. The van der Waals surface area contributed by atoms with Gasteiger partial charge in [0.05, 0.1) is 7.11 Å². The van der Waals surface area contributed by atoms with Gasteiger partial charge in [-0.15, -0.1) is 0 Å². The molecule has 0 fully saturated rings. The Labute approximate surface area is 118 Å². The highest BCUT2D eigenvalue weighted by atomic mass is 79.9. The van der Waals surface area contributed by atoms with E-state index in [9.17, 15) is 8.42 Å². The Balaban J connectivity index is 2.41. The zero-order chi connectivity index (χ0) is 14.0. The summed E-state index contributed by atoms with van der Waals surface area (Å²) in [5, 5.41) is 3.50. The van der Waals surface area contributed by atoms with Gasteiger partial charge in [-0.05, 0) is 25.1 Å². The van der Waals surface area contributed by atoms with Gasteiger partial charge in [0.2, 0.25) is 0 Å². The number of aromatic nitrogens is 2. The Bertz CT molecular complexity index is 699. The lowest BCUT2D eigenvalue weighted by atomic mass is 10.3. The van der Waals surface area contributed by atoms with Crippen molar-refractivity contribution >= 4 is 32.0 Å². The lowest BCUT2D eigenvalue weighted by Gasteiger charge is -2.09. The fraction of sp³-hybridized carbons (Fsp3) is 0.200. The van der Waals surface area contributed by atoms with Gasteiger partial charge >= 0.3 is 6.01 Å². The molecular weight excluding hydrogens is 338 g/mol. The van der Waals surface area contributed by atoms with Crippen LogP contribution in [0.1, 0.15) is 5.82 Å². The highest BCUT2D eigenvalue weighted by Gasteiger charge is 2.22. The molecular formula is C10H10BrN3O4S. The minimum Gasteiger partial charge on any atom is -0.495 e. The van der Waals surface area contributed by atoms with Crippen LogP contribution in [0, 0.1) is 6.92 Å². The molecule has 1 N–H and O–H groups in total. The fourth-order valence-corrected chi connectivity index (χ4v) is 3.00. The number of anilines is 1. The van der Waals surface area contributed by atoms with Crippen molar-refractivity contribution in [2.75, 3.05) is 11.8 Å². The van der Waals surface area contributed by atoms with E-state index in [1.54, 1.807) is 13.0 Å². The number of aryl methyl sites for hydroxylation is 1. The van der Waals surface area contributed by atoms with Gasteiger partial charge in [0.15, 0.2) is 5.82 Å². The number of sulfonamides is 1. The molecule has 1 aromatic heterocycles. The van der Waals surface area contributed by atoms with Crippen molar-refractivity contribution in [3.05, 3.63) is 28.5 Å². The Morgan fingerprint density at radius 3 is 2.74 bits per heavy atom. The monoisotopic (exact) mass is 347 g/mol. The van der Waals surface area contributed by atoms with Crippen LogP contribution >= 0.6 is 15.9 Å². The molecule has 0 atom stereocenters. The minimum absolute atomic E-state index is 0.0276.